The van der Waals surface area contributed by atoms with Crippen molar-refractivity contribution in [1.29, 1.82) is 0 Å². The lowest BCUT2D eigenvalue weighted by Crippen LogP contribution is -1.50. The Balaban J connectivity index is 0. The number of carbonyl (C=O) groups excluding carboxylic acids is 2. The molecule has 44 valence electrons. The Bertz CT molecular complexity index is 108. The molecule has 0 aromatic rings. The van der Waals surface area contributed by atoms with Gasteiger partial charge in [0.25, 0.3) is 0 Å². The zero-order chi connectivity index (χ0) is 6.99. The van der Waals surface area contributed by atoms with Crippen molar-refractivity contribution in [2.75, 3.05) is 0 Å². The summed E-state index contributed by atoms with van der Waals surface area (Å²) in [6.07, 6.45) is 1.97. The molecule has 2 nitrogen and oxygen atoms in total. The van der Waals surface area contributed by atoms with Crippen molar-refractivity contribution in [2.45, 2.75) is 6.92 Å². The van der Waals surface area contributed by atoms with Crippen molar-refractivity contribution in [1.82, 2.24) is 0 Å². The molecule has 0 unspecified atom stereocenters. The summed E-state index contributed by atoms with van der Waals surface area (Å²) in [5.41, 5.74) is 1.02. The number of hydrogen-bond donors (Lipinski definition) is 0. The molecule has 0 aliphatic heterocycles. The van der Waals surface area contributed by atoms with Gasteiger partial charge in [-0.1, -0.05) is 24.8 Å². The molecule has 0 aromatic carbocycles. The third-order valence-corrected chi connectivity index (χ3v) is 0.348. The molecule has 0 amide bonds. The SMILES string of the molecule is C=CC(=C)C.O=C=O. The van der Waals surface area contributed by atoms with Gasteiger partial charge in [0.05, 0.1) is 0 Å². The van der Waals surface area contributed by atoms with Crippen LogP contribution in [0, 0.1) is 0 Å². The Morgan fingerprint density at radius 1 is 1.62 bits per heavy atom. The van der Waals surface area contributed by atoms with E-state index in [0.717, 1.165) is 5.57 Å². The summed E-state index contributed by atoms with van der Waals surface area (Å²) in [5.74, 6) is 0. The van der Waals surface area contributed by atoms with E-state index in [0.29, 0.717) is 0 Å². The molecule has 0 spiro atoms. The van der Waals surface area contributed by atoms with Crippen LogP contribution in [0.4, 0.5) is 0 Å². The van der Waals surface area contributed by atoms with Crippen molar-refractivity contribution in [2.24, 2.45) is 0 Å². The molecule has 0 bridgehead atoms. The molecule has 2 heteroatoms. The van der Waals surface area contributed by atoms with Gasteiger partial charge in [0.2, 0.25) is 0 Å². The predicted octanol–water partition coefficient (Wildman–Crippen LogP) is 1.16. The van der Waals surface area contributed by atoms with Crippen molar-refractivity contribution >= 4 is 6.15 Å². The highest BCUT2D eigenvalue weighted by molar-refractivity contribution is 5.20. The maximum absolute atomic E-state index is 8.12. The third kappa shape index (κ3) is 97.9. The van der Waals surface area contributed by atoms with Crippen LogP contribution in [0.1, 0.15) is 6.92 Å². The van der Waals surface area contributed by atoms with E-state index in [1.165, 1.54) is 0 Å². The Morgan fingerprint density at radius 3 is 1.75 bits per heavy atom. The molecule has 0 aliphatic carbocycles. The molecule has 0 saturated carbocycles. The molecule has 0 heterocycles. The normalized spacial score (nSPS) is 5.12. The smallest absolute Gasteiger partial charge is 0.186 e. The van der Waals surface area contributed by atoms with E-state index < -0.39 is 0 Å². The van der Waals surface area contributed by atoms with Crippen molar-refractivity contribution in [3.05, 3.63) is 24.8 Å². The first kappa shape index (κ1) is 9.97. The van der Waals surface area contributed by atoms with E-state index in [9.17, 15) is 0 Å². The van der Waals surface area contributed by atoms with Gasteiger partial charge in [0.1, 0.15) is 0 Å². The average Bonchev–Trinajstić information content (AvgIpc) is 1.69. The van der Waals surface area contributed by atoms with Crippen LogP contribution in [0.25, 0.3) is 0 Å². The largest absolute Gasteiger partial charge is 0.373 e. The average molecular weight is 112 g/mol. The van der Waals surface area contributed by atoms with Gasteiger partial charge in [-0.3, -0.25) is 0 Å². The Hall–Kier alpha value is -1.14. The Labute approximate surface area is 48.5 Å². The van der Waals surface area contributed by atoms with Crippen LogP contribution in [0.15, 0.2) is 24.8 Å². The van der Waals surface area contributed by atoms with Crippen LogP contribution < -0.4 is 0 Å². The van der Waals surface area contributed by atoms with Gasteiger partial charge in [0.15, 0.2) is 0 Å². The fraction of sp³-hybridized carbons (Fsp3) is 0.167. The topological polar surface area (TPSA) is 34.1 Å². The Kier molecular flexibility index (Phi) is 11.6. The van der Waals surface area contributed by atoms with Gasteiger partial charge in [-0.2, -0.15) is 9.59 Å². The second kappa shape index (κ2) is 9.29. The highest BCUT2D eigenvalue weighted by Gasteiger charge is 1.59. The molecule has 0 atom stereocenters. The summed E-state index contributed by atoms with van der Waals surface area (Å²) >= 11 is 0. The minimum absolute atomic E-state index is 0.250. The van der Waals surface area contributed by atoms with Gasteiger partial charge < -0.3 is 0 Å². The third-order valence-electron chi connectivity index (χ3n) is 0.348. The molecular weight excluding hydrogens is 104 g/mol. The highest BCUT2D eigenvalue weighted by Crippen LogP contribution is 1.81. The van der Waals surface area contributed by atoms with Crippen molar-refractivity contribution in [3.8, 4) is 0 Å². The van der Waals surface area contributed by atoms with Crippen LogP contribution in [0.3, 0.4) is 0 Å². The predicted molar refractivity (Wildman–Crippen MR) is 30.0 cm³/mol. The lowest BCUT2D eigenvalue weighted by atomic mass is 10.4. The molecule has 0 fully saturated rings. The fourth-order valence-electron chi connectivity index (χ4n) is 0. The second-order valence-electron chi connectivity index (χ2n) is 1.13. The van der Waals surface area contributed by atoms with E-state index in [-0.39, 0.29) is 6.15 Å². The summed E-state index contributed by atoms with van der Waals surface area (Å²) in [6, 6.07) is 0. The first-order chi connectivity index (χ1) is 3.68. The minimum Gasteiger partial charge on any atom is -0.186 e. The Morgan fingerprint density at radius 2 is 1.75 bits per heavy atom. The van der Waals surface area contributed by atoms with Gasteiger partial charge in [0, 0.05) is 0 Å². The van der Waals surface area contributed by atoms with E-state index in [2.05, 4.69) is 13.2 Å². The van der Waals surface area contributed by atoms with Crippen molar-refractivity contribution < 1.29 is 9.59 Å². The molecule has 0 rings (SSSR count). The number of hydrogen-bond acceptors (Lipinski definition) is 2. The van der Waals surface area contributed by atoms with Crippen LogP contribution in [0.2, 0.25) is 0 Å². The summed E-state index contributed by atoms with van der Waals surface area (Å²) in [4.78, 5) is 16.2. The second-order valence-corrected chi connectivity index (χ2v) is 1.13. The minimum atomic E-state index is 0.250. The lowest BCUT2D eigenvalue weighted by Gasteiger charge is -1.71. The van der Waals surface area contributed by atoms with Gasteiger partial charge >= 0.3 is 6.15 Å². The van der Waals surface area contributed by atoms with Crippen LogP contribution >= 0.6 is 0 Å². The summed E-state index contributed by atoms with van der Waals surface area (Å²) in [5, 5.41) is 0. The zero-order valence-electron chi connectivity index (χ0n) is 4.81. The highest BCUT2D eigenvalue weighted by atomic mass is 16.2. The van der Waals surface area contributed by atoms with E-state index in [1.54, 1.807) is 6.08 Å². The fourth-order valence-corrected chi connectivity index (χ4v) is 0. The lowest BCUT2D eigenvalue weighted by molar-refractivity contribution is -0.191. The zero-order valence-corrected chi connectivity index (χ0v) is 4.81. The molecule has 0 aliphatic rings. The maximum Gasteiger partial charge on any atom is 0.373 e. The van der Waals surface area contributed by atoms with Crippen LogP contribution in [0.5, 0.6) is 0 Å². The van der Waals surface area contributed by atoms with Crippen LogP contribution in [-0.4, -0.2) is 6.15 Å². The summed E-state index contributed by atoms with van der Waals surface area (Å²) in [7, 11) is 0. The monoisotopic (exact) mass is 112 g/mol. The first-order valence-corrected chi connectivity index (χ1v) is 1.96. The molecule has 0 N–H and O–H groups in total. The van der Waals surface area contributed by atoms with Gasteiger partial charge in [-0.05, 0) is 6.92 Å². The summed E-state index contributed by atoms with van der Waals surface area (Å²) in [6.45, 7) is 8.93. The number of rotatable bonds is 1. The number of allylic oxidation sites excluding steroid dienone is 2. The molecule has 0 saturated heterocycles. The van der Waals surface area contributed by atoms with Gasteiger partial charge in [-0.25, -0.2) is 0 Å². The first-order valence-electron chi connectivity index (χ1n) is 1.96. The summed E-state index contributed by atoms with van der Waals surface area (Å²) < 4.78 is 0. The quantitative estimate of drug-likeness (QED) is 0.477. The van der Waals surface area contributed by atoms with Crippen LogP contribution in [-0.2, 0) is 9.59 Å². The van der Waals surface area contributed by atoms with E-state index in [4.69, 9.17) is 9.59 Å². The molecular formula is C6H8O2. The standard InChI is InChI=1S/C5H8.CO2/c1-4-5(2)3;2-1-3/h4H,1-2H2,3H3;. The van der Waals surface area contributed by atoms with Gasteiger partial charge in [-0.15, -0.1) is 0 Å². The van der Waals surface area contributed by atoms with E-state index in [1.807, 2.05) is 6.92 Å². The molecule has 0 radical (unpaired) electrons. The maximum atomic E-state index is 8.12. The van der Waals surface area contributed by atoms with E-state index >= 15 is 0 Å². The molecule has 8 heavy (non-hydrogen) atoms. The van der Waals surface area contributed by atoms with Crippen molar-refractivity contribution in [3.63, 3.8) is 0 Å². The molecule has 0 aromatic heterocycles.